The molecule has 0 unspecified atom stereocenters. The molecule has 1 aromatic carbocycles. The van der Waals surface area contributed by atoms with Gasteiger partial charge in [0.25, 0.3) is 5.91 Å². The molecule has 0 spiro atoms. The Kier molecular flexibility index (Phi) is 6.86. The van der Waals surface area contributed by atoms with E-state index in [0.717, 1.165) is 17.3 Å². The number of methoxy groups -OCH3 is 1. The molecular formula is C13H18BrN3O3. The third-order valence-electron chi connectivity index (χ3n) is 2.68. The monoisotopic (exact) mass is 343 g/mol. The number of unbranched alkanes of at least 4 members (excludes halogenated alkanes) is 1. The van der Waals surface area contributed by atoms with Crippen LogP contribution >= 0.6 is 15.9 Å². The van der Waals surface area contributed by atoms with Crippen molar-refractivity contribution in [3.63, 3.8) is 0 Å². The Balaban J connectivity index is 2.43. The molecular weight excluding hydrogens is 326 g/mol. The second-order valence-electron chi connectivity index (χ2n) is 4.15. The van der Waals surface area contributed by atoms with Crippen LogP contribution in [0.3, 0.4) is 0 Å². The maximum absolute atomic E-state index is 12.0. The summed E-state index contributed by atoms with van der Waals surface area (Å²) in [6.07, 6.45) is 2.00. The van der Waals surface area contributed by atoms with Crippen molar-refractivity contribution >= 4 is 27.7 Å². The number of oxime groups is 1. The fourth-order valence-corrected chi connectivity index (χ4v) is 1.97. The molecule has 0 heterocycles. The number of hydrogen-bond acceptors (Lipinski definition) is 4. The average molecular weight is 344 g/mol. The van der Waals surface area contributed by atoms with Crippen molar-refractivity contribution in [3.05, 3.63) is 28.2 Å². The van der Waals surface area contributed by atoms with Crippen LogP contribution in [0.15, 0.2) is 27.8 Å². The maximum atomic E-state index is 12.0. The van der Waals surface area contributed by atoms with Crippen LogP contribution in [0.25, 0.3) is 0 Å². The number of hydrogen-bond donors (Lipinski definition) is 3. The van der Waals surface area contributed by atoms with Crippen molar-refractivity contribution in [2.24, 2.45) is 10.9 Å². The summed E-state index contributed by atoms with van der Waals surface area (Å²) in [6.45, 7) is 0.525. The Morgan fingerprint density at radius 1 is 1.50 bits per heavy atom. The highest BCUT2D eigenvalue weighted by atomic mass is 79.9. The van der Waals surface area contributed by atoms with Crippen LogP contribution in [0.4, 0.5) is 0 Å². The number of nitrogens with zero attached hydrogens (tertiary/aromatic N) is 1. The molecule has 0 aromatic heterocycles. The normalized spacial score (nSPS) is 11.2. The number of amidine groups is 1. The van der Waals surface area contributed by atoms with Crippen LogP contribution in [0.1, 0.15) is 29.6 Å². The summed E-state index contributed by atoms with van der Waals surface area (Å²) in [5, 5.41) is 14.1. The lowest BCUT2D eigenvalue weighted by atomic mass is 10.2. The number of rotatable bonds is 7. The minimum absolute atomic E-state index is 0.182. The predicted octanol–water partition coefficient (Wildman–Crippen LogP) is 2.10. The number of nitrogens with two attached hydrogens (primary N) is 1. The van der Waals surface area contributed by atoms with Gasteiger partial charge >= 0.3 is 0 Å². The van der Waals surface area contributed by atoms with E-state index in [0.29, 0.717) is 24.3 Å². The predicted molar refractivity (Wildman–Crippen MR) is 80.3 cm³/mol. The summed E-state index contributed by atoms with van der Waals surface area (Å²) in [6, 6.07) is 5.23. The first-order valence-electron chi connectivity index (χ1n) is 6.16. The van der Waals surface area contributed by atoms with Gasteiger partial charge in [-0.3, -0.25) is 4.79 Å². The third kappa shape index (κ3) is 5.08. The molecule has 4 N–H and O–H groups in total. The van der Waals surface area contributed by atoms with E-state index in [9.17, 15) is 4.79 Å². The van der Waals surface area contributed by atoms with Crippen LogP contribution in [0, 0.1) is 0 Å². The molecule has 0 aliphatic rings. The smallest absolute Gasteiger partial charge is 0.255 e. The van der Waals surface area contributed by atoms with E-state index in [1.54, 1.807) is 18.2 Å². The van der Waals surface area contributed by atoms with Crippen LogP contribution in [0.2, 0.25) is 0 Å². The topological polar surface area (TPSA) is 96.9 Å². The third-order valence-corrected chi connectivity index (χ3v) is 3.18. The summed E-state index contributed by atoms with van der Waals surface area (Å²) < 4.78 is 6.02. The standard InChI is InChI=1S/C13H18BrN3O3/c1-20-11-8-9(14)5-6-10(11)13(18)16-7-3-2-4-12(15)17-19/h5-6,8,19H,2-4,7H2,1H3,(H2,15,17)(H,16,18). The number of carbonyl (C=O) groups is 1. The van der Waals surface area contributed by atoms with Crippen LogP contribution in [0.5, 0.6) is 5.75 Å². The van der Waals surface area contributed by atoms with Crippen LogP contribution < -0.4 is 15.8 Å². The van der Waals surface area contributed by atoms with E-state index < -0.39 is 0 Å². The van der Waals surface area contributed by atoms with E-state index in [-0.39, 0.29) is 11.7 Å². The first-order chi connectivity index (χ1) is 9.58. The van der Waals surface area contributed by atoms with Crippen molar-refractivity contribution in [1.82, 2.24) is 5.32 Å². The van der Waals surface area contributed by atoms with Gasteiger partial charge in [0.1, 0.15) is 11.6 Å². The van der Waals surface area contributed by atoms with Crippen molar-refractivity contribution in [2.45, 2.75) is 19.3 Å². The Bertz CT molecular complexity index is 492. The highest BCUT2D eigenvalue weighted by Crippen LogP contribution is 2.23. The highest BCUT2D eigenvalue weighted by molar-refractivity contribution is 9.10. The molecule has 0 saturated carbocycles. The molecule has 1 aromatic rings. The molecule has 0 radical (unpaired) electrons. The number of ether oxygens (including phenoxy) is 1. The lowest BCUT2D eigenvalue weighted by Crippen LogP contribution is -2.25. The van der Waals surface area contributed by atoms with Gasteiger partial charge in [0.15, 0.2) is 0 Å². The number of benzene rings is 1. The summed E-state index contributed by atoms with van der Waals surface area (Å²) in [5.74, 6) is 0.539. The molecule has 1 amide bonds. The van der Waals surface area contributed by atoms with Gasteiger partial charge in [-0.2, -0.15) is 0 Å². The molecule has 20 heavy (non-hydrogen) atoms. The molecule has 1 rings (SSSR count). The zero-order valence-corrected chi connectivity index (χ0v) is 12.8. The van der Waals surface area contributed by atoms with Crippen LogP contribution in [-0.4, -0.2) is 30.6 Å². The Morgan fingerprint density at radius 2 is 2.25 bits per heavy atom. The quantitative estimate of drug-likeness (QED) is 0.232. The second-order valence-corrected chi connectivity index (χ2v) is 5.06. The Morgan fingerprint density at radius 3 is 2.90 bits per heavy atom. The fourth-order valence-electron chi connectivity index (χ4n) is 1.63. The Hall–Kier alpha value is -1.76. The fraction of sp³-hybridized carbons (Fsp3) is 0.385. The molecule has 6 nitrogen and oxygen atoms in total. The summed E-state index contributed by atoms with van der Waals surface area (Å²) in [5.41, 5.74) is 5.84. The number of amides is 1. The van der Waals surface area contributed by atoms with Gasteiger partial charge in [0.2, 0.25) is 0 Å². The van der Waals surface area contributed by atoms with Gasteiger partial charge in [-0.05, 0) is 31.0 Å². The molecule has 0 aliphatic heterocycles. The van der Waals surface area contributed by atoms with Gasteiger partial charge in [-0.1, -0.05) is 21.1 Å². The van der Waals surface area contributed by atoms with Gasteiger partial charge in [0, 0.05) is 17.4 Å². The highest BCUT2D eigenvalue weighted by Gasteiger charge is 2.11. The molecule has 7 heteroatoms. The number of halogens is 1. The molecule has 0 fully saturated rings. The van der Waals surface area contributed by atoms with Gasteiger partial charge in [0.05, 0.1) is 12.7 Å². The molecule has 110 valence electrons. The molecule has 0 bridgehead atoms. The van der Waals surface area contributed by atoms with E-state index in [1.807, 2.05) is 0 Å². The van der Waals surface area contributed by atoms with Crippen LogP contribution in [-0.2, 0) is 0 Å². The van der Waals surface area contributed by atoms with Gasteiger partial charge in [-0.25, -0.2) is 0 Å². The summed E-state index contributed by atoms with van der Waals surface area (Å²) in [7, 11) is 1.52. The van der Waals surface area contributed by atoms with Crippen molar-refractivity contribution in [1.29, 1.82) is 0 Å². The van der Waals surface area contributed by atoms with E-state index >= 15 is 0 Å². The lowest BCUT2D eigenvalue weighted by Gasteiger charge is -2.09. The first-order valence-corrected chi connectivity index (χ1v) is 6.96. The number of nitrogens with one attached hydrogen (secondary N) is 1. The lowest BCUT2D eigenvalue weighted by molar-refractivity contribution is 0.0950. The molecule has 0 aliphatic carbocycles. The minimum Gasteiger partial charge on any atom is -0.496 e. The first kappa shape index (κ1) is 16.3. The van der Waals surface area contributed by atoms with Gasteiger partial charge in [-0.15, -0.1) is 0 Å². The van der Waals surface area contributed by atoms with E-state index in [4.69, 9.17) is 15.7 Å². The van der Waals surface area contributed by atoms with Crippen molar-refractivity contribution < 1.29 is 14.7 Å². The molecule has 0 saturated heterocycles. The maximum Gasteiger partial charge on any atom is 0.255 e. The zero-order chi connectivity index (χ0) is 15.0. The summed E-state index contributed by atoms with van der Waals surface area (Å²) >= 11 is 3.32. The largest absolute Gasteiger partial charge is 0.496 e. The number of carbonyl (C=O) groups excluding carboxylic acids is 1. The van der Waals surface area contributed by atoms with Gasteiger partial charge < -0.3 is 21.0 Å². The second kappa shape index (κ2) is 8.42. The molecule has 0 atom stereocenters. The zero-order valence-electron chi connectivity index (χ0n) is 11.2. The van der Waals surface area contributed by atoms with E-state index in [2.05, 4.69) is 26.4 Å². The van der Waals surface area contributed by atoms with Crippen molar-refractivity contribution in [3.8, 4) is 5.75 Å². The van der Waals surface area contributed by atoms with E-state index in [1.165, 1.54) is 7.11 Å². The minimum atomic E-state index is -0.182. The van der Waals surface area contributed by atoms with Crippen molar-refractivity contribution in [2.75, 3.05) is 13.7 Å². The summed E-state index contributed by atoms with van der Waals surface area (Å²) in [4.78, 5) is 12.0. The SMILES string of the molecule is COc1cc(Br)ccc1C(=O)NCCCC/C(N)=N/O. The average Bonchev–Trinajstić information content (AvgIpc) is 2.46. The Labute approximate surface area is 126 Å².